The Balaban J connectivity index is 1.99. The first-order valence-electron chi connectivity index (χ1n) is 15.0. The van der Waals surface area contributed by atoms with Gasteiger partial charge in [-0.2, -0.15) is 0 Å². The molecule has 3 saturated heterocycles. The van der Waals surface area contributed by atoms with E-state index in [1.165, 1.54) is 0 Å². The van der Waals surface area contributed by atoms with Crippen LogP contribution in [0, 0.1) is 23.7 Å². The molecule has 0 radical (unpaired) electrons. The summed E-state index contributed by atoms with van der Waals surface area (Å²) in [6, 6.07) is -1.20. The van der Waals surface area contributed by atoms with Gasteiger partial charge in [-0.05, 0) is 50.4 Å². The van der Waals surface area contributed by atoms with Crippen LogP contribution in [-0.4, -0.2) is 81.1 Å². The number of amides is 2. The SMILES string of the molecule is C=CCCCCOC(=O)[C@@H]1[C@H]2C(=O)N([C@@H](CO)CC(C)C)C(C(=O)N(CC=C)CCCCC)C23S[C@@H]1CC3C. The van der Waals surface area contributed by atoms with Gasteiger partial charge >= 0.3 is 5.97 Å². The third-order valence-electron chi connectivity index (χ3n) is 8.78. The topological polar surface area (TPSA) is 87.1 Å². The highest BCUT2D eigenvalue weighted by Gasteiger charge is 2.77. The van der Waals surface area contributed by atoms with Gasteiger partial charge in [-0.15, -0.1) is 24.9 Å². The number of esters is 1. The number of thioether (sulfide) groups is 1. The van der Waals surface area contributed by atoms with Gasteiger partial charge in [0.1, 0.15) is 6.04 Å². The third kappa shape index (κ3) is 6.27. The monoisotopic (exact) mass is 562 g/mol. The lowest BCUT2D eigenvalue weighted by molar-refractivity contribution is -0.155. The Kier molecular flexibility index (Phi) is 11.6. The fraction of sp³-hybridized carbons (Fsp3) is 0.774. The van der Waals surface area contributed by atoms with Crippen LogP contribution < -0.4 is 0 Å². The number of carbonyl (C=O) groups excluding carboxylic acids is 3. The maximum Gasteiger partial charge on any atom is 0.310 e. The summed E-state index contributed by atoms with van der Waals surface area (Å²) in [5.74, 6) is -1.44. The van der Waals surface area contributed by atoms with Gasteiger partial charge in [-0.1, -0.05) is 52.7 Å². The molecule has 0 aromatic carbocycles. The van der Waals surface area contributed by atoms with E-state index >= 15 is 0 Å². The normalized spacial score (nSPS) is 29.9. The first kappa shape index (κ1) is 31.7. The van der Waals surface area contributed by atoms with Crippen LogP contribution in [0.2, 0.25) is 0 Å². The van der Waals surface area contributed by atoms with Crippen LogP contribution in [0.15, 0.2) is 25.3 Å². The number of carbonyl (C=O) groups is 3. The highest BCUT2D eigenvalue weighted by atomic mass is 32.2. The number of fused-ring (bicyclic) bond motifs is 1. The fourth-order valence-corrected chi connectivity index (χ4v) is 9.44. The van der Waals surface area contributed by atoms with Crippen LogP contribution in [0.25, 0.3) is 0 Å². The van der Waals surface area contributed by atoms with Crippen molar-refractivity contribution in [2.24, 2.45) is 23.7 Å². The third-order valence-corrected chi connectivity index (χ3v) is 10.9. The van der Waals surface area contributed by atoms with E-state index in [1.807, 2.05) is 11.0 Å². The molecule has 8 heteroatoms. The van der Waals surface area contributed by atoms with Crippen LogP contribution in [-0.2, 0) is 19.1 Å². The van der Waals surface area contributed by atoms with E-state index in [4.69, 9.17) is 4.74 Å². The van der Waals surface area contributed by atoms with Crippen molar-refractivity contribution in [3.05, 3.63) is 25.3 Å². The van der Waals surface area contributed by atoms with E-state index in [1.54, 1.807) is 22.7 Å². The Morgan fingerprint density at radius 3 is 2.59 bits per heavy atom. The fourth-order valence-electron chi connectivity index (χ4n) is 7.05. The molecule has 1 spiro atoms. The molecule has 3 rings (SSSR count). The molecular weight excluding hydrogens is 512 g/mol. The van der Waals surface area contributed by atoms with Crippen LogP contribution >= 0.6 is 11.8 Å². The average molecular weight is 563 g/mol. The maximum absolute atomic E-state index is 14.5. The maximum atomic E-state index is 14.5. The minimum Gasteiger partial charge on any atom is -0.465 e. The highest BCUT2D eigenvalue weighted by molar-refractivity contribution is 8.02. The first-order chi connectivity index (χ1) is 18.7. The predicted octanol–water partition coefficient (Wildman–Crippen LogP) is 4.83. The number of hydrogen-bond donors (Lipinski definition) is 1. The molecule has 3 unspecified atom stereocenters. The van der Waals surface area contributed by atoms with Crippen molar-refractivity contribution >= 4 is 29.5 Å². The predicted molar refractivity (Wildman–Crippen MR) is 157 cm³/mol. The average Bonchev–Trinajstić information content (AvgIpc) is 3.49. The zero-order valence-electron chi connectivity index (χ0n) is 24.5. The van der Waals surface area contributed by atoms with E-state index in [9.17, 15) is 19.5 Å². The molecule has 3 heterocycles. The van der Waals surface area contributed by atoms with Crippen LogP contribution in [0.4, 0.5) is 0 Å². The van der Waals surface area contributed by atoms with Crippen molar-refractivity contribution in [2.75, 3.05) is 26.3 Å². The number of hydrogen-bond acceptors (Lipinski definition) is 6. The highest BCUT2D eigenvalue weighted by Crippen LogP contribution is 2.69. The Hall–Kier alpha value is -1.80. The molecule has 0 saturated carbocycles. The van der Waals surface area contributed by atoms with E-state index in [0.717, 1.165) is 44.9 Å². The smallest absolute Gasteiger partial charge is 0.310 e. The van der Waals surface area contributed by atoms with Crippen molar-refractivity contribution in [3.63, 3.8) is 0 Å². The van der Waals surface area contributed by atoms with Crippen molar-refractivity contribution in [1.82, 2.24) is 9.80 Å². The van der Waals surface area contributed by atoms with E-state index in [0.29, 0.717) is 26.1 Å². The van der Waals surface area contributed by atoms with Crippen LogP contribution in [0.3, 0.4) is 0 Å². The number of allylic oxidation sites excluding steroid dienone is 1. The quantitative estimate of drug-likeness (QED) is 0.155. The molecule has 3 aliphatic rings. The molecule has 3 aliphatic heterocycles. The number of aliphatic hydroxyl groups is 1. The molecule has 0 aromatic heterocycles. The summed E-state index contributed by atoms with van der Waals surface area (Å²) < 4.78 is 5.02. The Morgan fingerprint density at radius 2 is 1.97 bits per heavy atom. The molecule has 1 N–H and O–H groups in total. The second-order valence-electron chi connectivity index (χ2n) is 12.0. The number of nitrogens with zero attached hydrogens (tertiary/aromatic N) is 2. The molecule has 7 nitrogen and oxygen atoms in total. The van der Waals surface area contributed by atoms with Crippen LogP contribution in [0.5, 0.6) is 0 Å². The van der Waals surface area contributed by atoms with Crippen molar-refractivity contribution in [2.45, 2.75) is 101 Å². The number of aliphatic hydroxyl groups excluding tert-OH is 1. The van der Waals surface area contributed by atoms with Gasteiger partial charge in [0.05, 0.1) is 35.8 Å². The molecule has 7 atom stereocenters. The summed E-state index contributed by atoms with van der Waals surface area (Å²) in [4.78, 5) is 45.9. The number of ether oxygens (including phenoxy) is 1. The van der Waals surface area contributed by atoms with E-state index in [2.05, 4.69) is 40.9 Å². The standard InChI is InChI=1S/C31H50N2O5S/c1-7-10-12-14-17-38-30(37)25-24-19-22(6)31(39-24)26(25)28(35)33(23(20-34)18-21(4)5)27(31)29(36)32(15-9-3)16-13-11-8-2/h7,9,21-27,34H,1,3,8,10-20H2,2,4-6H3/t22?,23-,24-,25+,26+,27?,31?/m1/s1. The summed E-state index contributed by atoms with van der Waals surface area (Å²) in [5, 5.41) is 10.4. The Morgan fingerprint density at radius 1 is 1.23 bits per heavy atom. The minimum atomic E-state index is -0.720. The molecule has 0 aromatic rings. The molecule has 2 amide bonds. The van der Waals surface area contributed by atoms with E-state index < -0.39 is 28.7 Å². The minimum absolute atomic E-state index is 0.0438. The second-order valence-corrected chi connectivity index (χ2v) is 13.5. The lowest BCUT2D eigenvalue weighted by atomic mass is 9.66. The summed E-state index contributed by atoms with van der Waals surface area (Å²) in [5.41, 5.74) is 0. The van der Waals surface area contributed by atoms with Gasteiger partial charge in [0.2, 0.25) is 11.8 Å². The number of rotatable bonds is 17. The van der Waals surface area contributed by atoms with Crippen LogP contribution in [0.1, 0.15) is 79.1 Å². The molecule has 0 aliphatic carbocycles. The zero-order chi connectivity index (χ0) is 28.7. The second kappa shape index (κ2) is 14.2. The zero-order valence-corrected chi connectivity index (χ0v) is 25.3. The van der Waals surface area contributed by atoms with E-state index in [-0.39, 0.29) is 41.5 Å². The summed E-state index contributed by atoms with van der Waals surface area (Å²) >= 11 is 1.66. The number of likely N-dealkylation sites (tertiary alicyclic amines) is 1. The van der Waals surface area contributed by atoms with Gasteiger partial charge in [-0.25, -0.2) is 0 Å². The van der Waals surface area contributed by atoms with Gasteiger partial charge in [0, 0.05) is 18.3 Å². The van der Waals surface area contributed by atoms with Crippen molar-refractivity contribution in [3.8, 4) is 0 Å². The lowest BCUT2D eigenvalue weighted by Crippen LogP contribution is -2.59. The molecule has 3 fully saturated rings. The molecule has 2 bridgehead atoms. The lowest BCUT2D eigenvalue weighted by Gasteiger charge is -2.42. The summed E-state index contributed by atoms with van der Waals surface area (Å²) in [6.45, 7) is 17.1. The molecule has 39 heavy (non-hydrogen) atoms. The Labute approximate surface area is 239 Å². The van der Waals surface area contributed by atoms with Crippen molar-refractivity contribution < 1.29 is 24.2 Å². The van der Waals surface area contributed by atoms with Gasteiger partial charge in [-0.3, -0.25) is 14.4 Å². The van der Waals surface area contributed by atoms with Gasteiger partial charge in [0.15, 0.2) is 0 Å². The van der Waals surface area contributed by atoms with Gasteiger partial charge in [0.25, 0.3) is 0 Å². The van der Waals surface area contributed by atoms with Crippen molar-refractivity contribution in [1.29, 1.82) is 0 Å². The largest absolute Gasteiger partial charge is 0.465 e. The van der Waals surface area contributed by atoms with Gasteiger partial charge < -0.3 is 19.6 Å². The molecule has 220 valence electrons. The summed E-state index contributed by atoms with van der Waals surface area (Å²) in [7, 11) is 0. The summed E-state index contributed by atoms with van der Waals surface area (Å²) in [6.07, 6.45) is 10.4. The first-order valence-corrected chi connectivity index (χ1v) is 15.8. The number of unbranched alkanes of at least 4 members (excludes halogenated alkanes) is 4. The Bertz CT molecular complexity index is 894. The molecular formula is C31H50N2O5S.